The van der Waals surface area contributed by atoms with E-state index >= 15 is 0 Å². The normalized spacial score (nSPS) is 10.6. The van der Waals surface area contributed by atoms with Gasteiger partial charge in [-0.15, -0.1) is 11.6 Å². The van der Waals surface area contributed by atoms with Gasteiger partial charge in [0.25, 0.3) is 5.91 Å². The van der Waals surface area contributed by atoms with E-state index in [1.54, 1.807) is 0 Å². The molecule has 0 heterocycles. The minimum absolute atomic E-state index is 0.188. The summed E-state index contributed by atoms with van der Waals surface area (Å²) in [5.41, 5.74) is -0.372. The predicted octanol–water partition coefficient (Wildman–Crippen LogP) is 2.95. The molecule has 0 fully saturated rings. The average molecular weight is 312 g/mol. The molecule has 0 spiro atoms. The second-order valence-electron chi connectivity index (χ2n) is 3.72. The lowest BCUT2D eigenvalue weighted by Gasteiger charge is -2.21. The summed E-state index contributed by atoms with van der Waals surface area (Å²) in [5.74, 6) is -2.17. The molecule has 0 radical (unpaired) electrons. The monoisotopic (exact) mass is 311 g/mol. The zero-order chi connectivity index (χ0) is 14.4. The molecule has 3 nitrogen and oxygen atoms in total. The van der Waals surface area contributed by atoms with Crippen molar-refractivity contribution >= 4 is 29.1 Å². The Morgan fingerprint density at radius 3 is 2.58 bits per heavy atom. The van der Waals surface area contributed by atoms with E-state index in [4.69, 9.17) is 27.9 Å². The number of halogens is 4. The molecule has 0 saturated carbocycles. The largest absolute Gasteiger partial charge is 0.383 e. The van der Waals surface area contributed by atoms with Gasteiger partial charge in [0.15, 0.2) is 0 Å². The van der Waals surface area contributed by atoms with E-state index in [1.807, 2.05) is 0 Å². The summed E-state index contributed by atoms with van der Waals surface area (Å²) in [5, 5.41) is -0.366. The van der Waals surface area contributed by atoms with E-state index in [1.165, 1.54) is 12.0 Å². The number of amides is 1. The highest BCUT2D eigenvalue weighted by Crippen LogP contribution is 2.20. The van der Waals surface area contributed by atoms with E-state index in [2.05, 4.69) is 0 Å². The zero-order valence-electron chi connectivity index (χ0n) is 10.3. The lowest BCUT2D eigenvalue weighted by atomic mass is 10.1. The quantitative estimate of drug-likeness (QED) is 0.597. The SMILES string of the molecule is COCCN(CCCl)C(=O)c1cc(F)c(Cl)cc1F. The molecular formula is C12H13Cl2F2NO2. The fourth-order valence-electron chi connectivity index (χ4n) is 1.48. The van der Waals surface area contributed by atoms with Gasteiger partial charge >= 0.3 is 0 Å². The van der Waals surface area contributed by atoms with Crippen LogP contribution in [0.5, 0.6) is 0 Å². The molecule has 0 bridgehead atoms. The number of hydrogen-bond donors (Lipinski definition) is 0. The molecule has 0 aliphatic carbocycles. The first-order valence-corrected chi connectivity index (χ1v) is 6.41. The van der Waals surface area contributed by atoms with Crippen molar-refractivity contribution < 1.29 is 18.3 Å². The number of hydrogen-bond acceptors (Lipinski definition) is 2. The van der Waals surface area contributed by atoms with Gasteiger partial charge < -0.3 is 9.64 Å². The molecule has 0 aromatic heterocycles. The van der Waals surface area contributed by atoms with Crippen molar-refractivity contribution in [3.63, 3.8) is 0 Å². The molecule has 1 aromatic rings. The Morgan fingerprint density at radius 1 is 1.32 bits per heavy atom. The van der Waals surface area contributed by atoms with Crippen LogP contribution in [0.4, 0.5) is 8.78 Å². The van der Waals surface area contributed by atoms with Gasteiger partial charge in [-0.25, -0.2) is 8.78 Å². The third-order valence-electron chi connectivity index (χ3n) is 2.45. The molecule has 0 atom stereocenters. The molecule has 0 N–H and O–H groups in total. The molecule has 0 aliphatic rings. The molecular weight excluding hydrogens is 299 g/mol. The fraction of sp³-hybridized carbons (Fsp3) is 0.417. The summed E-state index contributed by atoms with van der Waals surface area (Å²) < 4.78 is 31.8. The van der Waals surface area contributed by atoms with Crippen molar-refractivity contribution in [3.05, 3.63) is 34.4 Å². The maximum atomic E-state index is 13.6. The fourth-order valence-corrected chi connectivity index (χ4v) is 1.83. The van der Waals surface area contributed by atoms with Crippen molar-refractivity contribution in [1.82, 2.24) is 4.90 Å². The summed E-state index contributed by atoms with van der Waals surface area (Å²) in [6.45, 7) is 0.736. The molecule has 0 saturated heterocycles. The lowest BCUT2D eigenvalue weighted by Crippen LogP contribution is -2.36. The number of alkyl halides is 1. The van der Waals surface area contributed by atoms with Crippen LogP contribution in [0, 0.1) is 11.6 Å². The van der Waals surface area contributed by atoms with Crippen LogP contribution in [0.15, 0.2) is 12.1 Å². The van der Waals surface area contributed by atoms with Gasteiger partial charge in [0.1, 0.15) is 11.6 Å². The van der Waals surface area contributed by atoms with Crippen LogP contribution in [0.1, 0.15) is 10.4 Å². The van der Waals surface area contributed by atoms with Crippen LogP contribution in [0.3, 0.4) is 0 Å². The van der Waals surface area contributed by atoms with Gasteiger partial charge in [-0.05, 0) is 12.1 Å². The van der Waals surface area contributed by atoms with E-state index in [0.29, 0.717) is 0 Å². The van der Waals surface area contributed by atoms with Gasteiger partial charge in [-0.1, -0.05) is 11.6 Å². The summed E-state index contributed by atoms with van der Waals surface area (Å²) in [4.78, 5) is 13.4. The molecule has 1 aromatic carbocycles. The summed E-state index contributed by atoms with van der Waals surface area (Å²) in [6, 6.07) is 1.56. The Balaban J connectivity index is 2.98. The first-order chi connectivity index (χ1) is 9.01. The highest BCUT2D eigenvalue weighted by Gasteiger charge is 2.20. The molecule has 0 unspecified atom stereocenters. The number of ether oxygens (including phenoxy) is 1. The Hall–Kier alpha value is -0.910. The van der Waals surface area contributed by atoms with Crippen LogP contribution in [-0.4, -0.2) is 43.5 Å². The van der Waals surface area contributed by atoms with Crippen molar-refractivity contribution in [2.75, 3.05) is 32.7 Å². The first kappa shape index (κ1) is 16.1. The van der Waals surface area contributed by atoms with Crippen molar-refractivity contribution in [2.24, 2.45) is 0 Å². The summed E-state index contributed by atoms with van der Waals surface area (Å²) in [7, 11) is 1.48. The molecule has 19 heavy (non-hydrogen) atoms. The third-order valence-corrected chi connectivity index (χ3v) is 2.91. The number of benzene rings is 1. The van der Waals surface area contributed by atoms with E-state index in [-0.39, 0.29) is 36.2 Å². The summed E-state index contributed by atoms with van der Waals surface area (Å²) in [6.07, 6.45) is 0. The topological polar surface area (TPSA) is 29.5 Å². The smallest absolute Gasteiger partial charge is 0.257 e. The Bertz CT molecular complexity index is 458. The van der Waals surface area contributed by atoms with Crippen LogP contribution in [0.2, 0.25) is 5.02 Å². The van der Waals surface area contributed by atoms with Crippen LogP contribution in [-0.2, 0) is 4.74 Å². The highest BCUT2D eigenvalue weighted by atomic mass is 35.5. The summed E-state index contributed by atoms with van der Waals surface area (Å²) >= 11 is 11.0. The van der Waals surface area contributed by atoms with Gasteiger partial charge in [0.2, 0.25) is 0 Å². The van der Waals surface area contributed by atoms with Crippen molar-refractivity contribution in [3.8, 4) is 0 Å². The zero-order valence-corrected chi connectivity index (χ0v) is 11.8. The molecule has 0 aliphatic heterocycles. The second kappa shape index (κ2) is 7.62. The Kier molecular flexibility index (Phi) is 6.48. The lowest BCUT2D eigenvalue weighted by molar-refractivity contribution is 0.0702. The Labute approximate surface area is 120 Å². The maximum Gasteiger partial charge on any atom is 0.257 e. The van der Waals surface area contributed by atoms with Gasteiger partial charge in [-0.3, -0.25) is 4.79 Å². The number of rotatable bonds is 6. The van der Waals surface area contributed by atoms with Crippen LogP contribution >= 0.6 is 23.2 Å². The van der Waals surface area contributed by atoms with E-state index in [0.717, 1.165) is 12.1 Å². The molecule has 1 rings (SSSR count). The second-order valence-corrected chi connectivity index (χ2v) is 4.51. The molecule has 1 amide bonds. The van der Waals surface area contributed by atoms with Gasteiger partial charge in [0, 0.05) is 26.1 Å². The van der Waals surface area contributed by atoms with Crippen molar-refractivity contribution in [2.45, 2.75) is 0 Å². The third kappa shape index (κ3) is 4.30. The standard InChI is InChI=1S/C12H13Cl2F2NO2/c1-19-5-4-17(3-2-13)12(18)8-6-11(16)9(14)7-10(8)15/h6-7H,2-5H2,1H3. The number of nitrogens with zero attached hydrogens (tertiary/aromatic N) is 1. The number of carbonyl (C=O) groups is 1. The predicted molar refractivity (Wildman–Crippen MR) is 69.9 cm³/mol. The Morgan fingerprint density at radius 2 is 2.00 bits per heavy atom. The van der Waals surface area contributed by atoms with E-state index < -0.39 is 17.5 Å². The number of carbonyl (C=O) groups excluding carboxylic acids is 1. The number of methoxy groups -OCH3 is 1. The highest BCUT2D eigenvalue weighted by molar-refractivity contribution is 6.30. The van der Waals surface area contributed by atoms with Crippen molar-refractivity contribution in [1.29, 1.82) is 0 Å². The molecule has 106 valence electrons. The van der Waals surface area contributed by atoms with Gasteiger partial charge in [-0.2, -0.15) is 0 Å². The van der Waals surface area contributed by atoms with E-state index in [9.17, 15) is 13.6 Å². The average Bonchev–Trinajstić information content (AvgIpc) is 2.38. The van der Waals surface area contributed by atoms with Crippen LogP contribution in [0.25, 0.3) is 0 Å². The minimum atomic E-state index is -0.867. The minimum Gasteiger partial charge on any atom is -0.383 e. The maximum absolute atomic E-state index is 13.6. The van der Waals surface area contributed by atoms with Crippen LogP contribution < -0.4 is 0 Å². The molecule has 7 heteroatoms. The van der Waals surface area contributed by atoms with Gasteiger partial charge in [0.05, 0.1) is 17.2 Å². The first-order valence-electron chi connectivity index (χ1n) is 5.50.